The van der Waals surface area contributed by atoms with Gasteiger partial charge in [-0.25, -0.2) is 4.98 Å². The van der Waals surface area contributed by atoms with Crippen molar-refractivity contribution in [2.24, 2.45) is 0 Å². The Kier molecular flexibility index (Phi) is 6.35. The van der Waals surface area contributed by atoms with E-state index in [2.05, 4.69) is 10.3 Å². The van der Waals surface area contributed by atoms with E-state index in [0.717, 1.165) is 0 Å². The van der Waals surface area contributed by atoms with Gasteiger partial charge in [-0.05, 0) is 12.5 Å². The number of rotatable bonds is 6. The van der Waals surface area contributed by atoms with Crippen LogP contribution >= 0.6 is 23.2 Å². The molecule has 0 saturated carbocycles. The SMILES string of the molecule is COCCC(CO)NC(=O)c1cnc(Cl)c(Cl)c1. The zero-order valence-electron chi connectivity index (χ0n) is 9.82. The van der Waals surface area contributed by atoms with Crippen molar-refractivity contribution in [3.63, 3.8) is 0 Å². The molecule has 1 unspecified atom stereocenters. The van der Waals surface area contributed by atoms with Crippen LogP contribution in [-0.2, 0) is 4.74 Å². The molecule has 0 saturated heterocycles. The molecule has 1 rings (SSSR count). The van der Waals surface area contributed by atoms with E-state index in [-0.39, 0.29) is 28.7 Å². The van der Waals surface area contributed by atoms with E-state index in [9.17, 15) is 4.79 Å². The second-order valence-corrected chi connectivity index (χ2v) is 4.40. The van der Waals surface area contributed by atoms with Gasteiger partial charge in [0.15, 0.2) is 0 Å². The highest BCUT2D eigenvalue weighted by atomic mass is 35.5. The third-order valence-electron chi connectivity index (χ3n) is 2.28. The summed E-state index contributed by atoms with van der Waals surface area (Å²) in [5.41, 5.74) is 0.292. The maximum Gasteiger partial charge on any atom is 0.253 e. The second kappa shape index (κ2) is 7.53. The van der Waals surface area contributed by atoms with Crippen molar-refractivity contribution in [3.8, 4) is 0 Å². The molecule has 1 heterocycles. The fourth-order valence-corrected chi connectivity index (χ4v) is 1.55. The Morgan fingerprint density at radius 1 is 1.61 bits per heavy atom. The Morgan fingerprint density at radius 2 is 2.33 bits per heavy atom. The van der Waals surface area contributed by atoms with Crippen LogP contribution in [0.1, 0.15) is 16.8 Å². The van der Waals surface area contributed by atoms with Crippen LogP contribution in [0.15, 0.2) is 12.3 Å². The van der Waals surface area contributed by atoms with Gasteiger partial charge in [0, 0.05) is 19.9 Å². The Labute approximate surface area is 115 Å². The molecule has 18 heavy (non-hydrogen) atoms. The molecule has 0 bridgehead atoms. The number of aromatic nitrogens is 1. The van der Waals surface area contributed by atoms with Gasteiger partial charge in [-0.2, -0.15) is 0 Å². The predicted molar refractivity (Wildman–Crippen MR) is 69.1 cm³/mol. The van der Waals surface area contributed by atoms with Crippen LogP contribution in [-0.4, -0.2) is 42.4 Å². The van der Waals surface area contributed by atoms with Gasteiger partial charge in [0.1, 0.15) is 5.15 Å². The standard InChI is InChI=1S/C11H14Cl2N2O3/c1-18-3-2-8(6-16)15-11(17)7-4-9(12)10(13)14-5-7/h4-5,8,16H,2-3,6H2,1H3,(H,15,17). The molecule has 0 spiro atoms. The van der Waals surface area contributed by atoms with Crippen molar-refractivity contribution in [1.29, 1.82) is 0 Å². The summed E-state index contributed by atoms with van der Waals surface area (Å²) in [6.07, 6.45) is 1.85. The minimum Gasteiger partial charge on any atom is -0.394 e. The average Bonchev–Trinajstić information content (AvgIpc) is 2.37. The summed E-state index contributed by atoms with van der Waals surface area (Å²) in [6, 6.07) is 1.06. The highest BCUT2D eigenvalue weighted by molar-refractivity contribution is 6.41. The molecule has 7 heteroatoms. The zero-order chi connectivity index (χ0) is 13.5. The molecular weight excluding hydrogens is 279 g/mol. The normalized spacial score (nSPS) is 12.2. The van der Waals surface area contributed by atoms with Crippen molar-refractivity contribution in [1.82, 2.24) is 10.3 Å². The molecule has 0 aliphatic rings. The number of nitrogens with one attached hydrogen (secondary N) is 1. The van der Waals surface area contributed by atoms with E-state index in [0.29, 0.717) is 18.6 Å². The van der Waals surface area contributed by atoms with Crippen molar-refractivity contribution >= 4 is 29.1 Å². The quantitative estimate of drug-likeness (QED) is 0.780. The number of ether oxygens (including phenoxy) is 1. The average molecular weight is 293 g/mol. The minimum atomic E-state index is -0.369. The highest BCUT2D eigenvalue weighted by Gasteiger charge is 2.14. The number of hydrogen-bond donors (Lipinski definition) is 2. The molecule has 0 aromatic carbocycles. The molecule has 5 nitrogen and oxygen atoms in total. The van der Waals surface area contributed by atoms with Crippen LogP contribution in [0.2, 0.25) is 10.2 Å². The van der Waals surface area contributed by atoms with E-state index in [1.165, 1.54) is 12.3 Å². The monoisotopic (exact) mass is 292 g/mol. The molecule has 1 atom stereocenters. The lowest BCUT2D eigenvalue weighted by molar-refractivity contribution is 0.0894. The lowest BCUT2D eigenvalue weighted by atomic mass is 10.2. The van der Waals surface area contributed by atoms with Crippen LogP contribution in [0.5, 0.6) is 0 Å². The number of aliphatic hydroxyl groups is 1. The van der Waals surface area contributed by atoms with Crippen LogP contribution in [0.25, 0.3) is 0 Å². The van der Waals surface area contributed by atoms with Crippen molar-refractivity contribution in [2.45, 2.75) is 12.5 Å². The fourth-order valence-electron chi connectivity index (χ4n) is 1.28. The summed E-state index contributed by atoms with van der Waals surface area (Å²) in [5, 5.41) is 12.1. The molecule has 0 fully saturated rings. The first kappa shape index (κ1) is 15.2. The van der Waals surface area contributed by atoms with Crippen molar-refractivity contribution in [2.75, 3.05) is 20.3 Å². The molecule has 1 aromatic heterocycles. The van der Waals surface area contributed by atoms with Gasteiger partial charge in [-0.15, -0.1) is 0 Å². The highest BCUT2D eigenvalue weighted by Crippen LogP contribution is 2.19. The van der Waals surface area contributed by atoms with Crippen LogP contribution in [0.3, 0.4) is 0 Å². The third kappa shape index (κ3) is 4.42. The molecule has 0 radical (unpaired) electrons. The zero-order valence-corrected chi connectivity index (χ0v) is 11.3. The summed E-state index contributed by atoms with van der Waals surface area (Å²) in [5.74, 6) is -0.365. The number of carbonyl (C=O) groups excluding carboxylic acids is 1. The third-order valence-corrected chi connectivity index (χ3v) is 2.97. The minimum absolute atomic E-state index is 0.145. The van der Waals surface area contributed by atoms with E-state index in [1.807, 2.05) is 0 Å². The topological polar surface area (TPSA) is 71.5 Å². The van der Waals surface area contributed by atoms with Gasteiger partial charge in [0.25, 0.3) is 5.91 Å². The van der Waals surface area contributed by atoms with Crippen molar-refractivity contribution in [3.05, 3.63) is 28.0 Å². The number of halogens is 2. The molecule has 0 aliphatic heterocycles. The molecule has 2 N–H and O–H groups in total. The maximum atomic E-state index is 11.8. The van der Waals surface area contributed by atoms with Crippen LogP contribution < -0.4 is 5.32 Å². The van der Waals surface area contributed by atoms with Gasteiger partial charge < -0.3 is 15.2 Å². The Hall–Kier alpha value is -0.880. The van der Waals surface area contributed by atoms with E-state index < -0.39 is 0 Å². The van der Waals surface area contributed by atoms with E-state index >= 15 is 0 Å². The first-order chi connectivity index (χ1) is 8.58. The molecular formula is C11H14Cl2N2O3. The maximum absolute atomic E-state index is 11.8. The lowest BCUT2D eigenvalue weighted by Gasteiger charge is -2.15. The Balaban J connectivity index is 2.65. The number of hydrogen-bond acceptors (Lipinski definition) is 4. The summed E-state index contributed by atoms with van der Waals surface area (Å²) in [4.78, 5) is 15.6. The predicted octanol–water partition coefficient (Wildman–Crippen LogP) is 1.52. The number of aliphatic hydroxyl groups excluding tert-OH is 1. The summed E-state index contributed by atoms with van der Waals surface area (Å²) < 4.78 is 4.88. The van der Waals surface area contributed by atoms with Crippen LogP contribution in [0, 0.1) is 0 Å². The van der Waals surface area contributed by atoms with Crippen LogP contribution in [0.4, 0.5) is 0 Å². The van der Waals surface area contributed by atoms with E-state index in [1.54, 1.807) is 7.11 Å². The van der Waals surface area contributed by atoms with Gasteiger partial charge in [0.2, 0.25) is 0 Å². The molecule has 0 aliphatic carbocycles. The van der Waals surface area contributed by atoms with Gasteiger partial charge >= 0.3 is 0 Å². The number of nitrogens with zero attached hydrogens (tertiary/aromatic N) is 1. The first-order valence-electron chi connectivity index (χ1n) is 5.30. The fraction of sp³-hybridized carbons (Fsp3) is 0.455. The first-order valence-corrected chi connectivity index (χ1v) is 6.05. The lowest BCUT2D eigenvalue weighted by Crippen LogP contribution is -2.38. The number of pyridine rings is 1. The second-order valence-electron chi connectivity index (χ2n) is 3.63. The molecule has 1 aromatic rings. The summed E-state index contributed by atoms with van der Waals surface area (Å²) >= 11 is 11.4. The van der Waals surface area contributed by atoms with Crippen molar-refractivity contribution < 1.29 is 14.6 Å². The Bertz CT molecular complexity index is 415. The number of amides is 1. The number of methoxy groups -OCH3 is 1. The largest absolute Gasteiger partial charge is 0.394 e. The smallest absolute Gasteiger partial charge is 0.253 e. The van der Waals surface area contributed by atoms with E-state index in [4.69, 9.17) is 33.0 Å². The van der Waals surface area contributed by atoms with Gasteiger partial charge in [-0.1, -0.05) is 23.2 Å². The van der Waals surface area contributed by atoms with Gasteiger partial charge in [-0.3, -0.25) is 4.79 Å². The molecule has 1 amide bonds. The number of carbonyl (C=O) groups is 1. The summed E-state index contributed by atoms with van der Waals surface area (Å²) in [6.45, 7) is 0.287. The summed E-state index contributed by atoms with van der Waals surface area (Å²) in [7, 11) is 1.55. The van der Waals surface area contributed by atoms with Gasteiger partial charge in [0.05, 0.1) is 23.2 Å². The Morgan fingerprint density at radius 3 is 2.89 bits per heavy atom. The molecule has 100 valence electrons.